The van der Waals surface area contributed by atoms with Gasteiger partial charge in [0.15, 0.2) is 0 Å². The van der Waals surface area contributed by atoms with E-state index in [-0.39, 0.29) is 30.1 Å². The van der Waals surface area contributed by atoms with Gasteiger partial charge in [0.05, 0.1) is 11.0 Å². The van der Waals surface area contributed by atoms with Crippen LogP contribution >= 0.6 is 0 Å². The molecule has 1 aromatic rings. The van der Waals surface area contributed by atoms with Crippen molar-refractivity contribution in [2.75, 3.05) is 11.9 Å². The van der Waals surface area contributed by atoms with E-state index in [4.69, 9.17) is 0 Å². The Morgan fingerprint density at radius 3 is 2.77 bits per heavy atom. The number of likely N-dealkylation sites (tertiary alicyclic amines) is 1. The molecule has 118 valence electrons. The lowest BCUT2D eigenvalue weighted by Crippen LogP contribution is -2.40. The van der Waals surface area contributed by atoms with Crippen LogP contribution in [0.1, 0.15) is 20.3 Å². The Hall–Kier alpha value is -2.64. The van der Waals surface area contributed by atoms with Gasteiger partial charge in [-0.25, -0.2) is 4.79 Å². The number of carbonyl (C=O) groups is 2. The van der Waals surface area contributed by atoms with Crippen LogP contribution in [-0.2, 0) is 4.79 Å². The first-order valence-corrected chi connectivity index (χ1v) is 6.98. The van der Waals surface area contributed by atoms with E-state index in [9.17, 15) is 19.7 Å². The Morgan fingerprint density at radius 1 is 1.45 bits per heavy atom. The molecule has 1 aliphatic rings. The van der Waals surface area contributed by atoms with Gasteiger partial charge in [0, 0.05) is 36.8 Å². The lowest BCUT2D eigenvalue weighted by atomic mass is 10.2. The SMILES string of the molecule is CC(C)N1CC(NC(=O)Nc2cccc([N+](=O)[O-])c2)CC1=O. The minimum Gasteiger partial charge on any atom is -0.338 e. The molecular weight excluding hydrogens is 288 g/mol. The largest absolute Gasteiger partial charge is 0.338 e. The fraction of sp³-hybridized carbons (Fsp3) is 0.429. The van der Waals surface area contributed by atoms with Gasteiger partial charge in [-0.2, -0.15) is 0 Å². The first-order valence-electron chi connectivity index (χ1n) is 6.98. The molecule has 3 amide bonds. The number of nitrogens with zero attached hydrogens (tertiary/aromatic N) is 2. The maximum Gasteiger partial charge on any atom is 0.319 e. The quantitative estimate of drug-likeness (QED) is 0.652. The molecule has 2 rings (SSSR count). The number of nitrogens with one attached hydrogen (secondary N) is 2. The minimum absolute atomic E-state index is 0.00986. The number of urea groups is 1. The van der Waals surface area contributed by atoms with Gasteiger partial charge < -0.3 is 15.5 Å². The average molecular weight is 306 g/mol. The Morgan fingerprint density at radius 2 is 2.18 bits per heavy atom. The van der Waals surface area contributed by atoms with Gasteiger partial charge in [-0.3, -0.25) is 14.9 Å². The Bertz CT molecular complexity index is 602. The lowest BCUT2D eigenvalue weighted by molar-refractivity contribution is -0.384. The third-order valence-electron chi connectivity index (χ3n) is 3.43. The summed E-state index contributed by atoms with van der Waals surface area (Å²) in [7, 11) is 0. The lowest BCUT2D eigenvalue weighted by Gasteiger charge is -2.21. The molecule has 8 nitrogen and oxygen atoms in total. The zero-order valence-electron chi connectivity index (χ0n) is 12.4. The van der Waals surface area contributed by atoms with Crippen LogP contribution in [0.3, 0.4) is 0 Å². The van der Waals surface area contributed by atoms with Gasteiger partial charge in [-0.15, -0.1) is 0 Å². The number of non-ortho nitro benzene ring substituents is 1. The van der Waals surface area contributed by atoms with Crippen LogP contribution in [0.25, 0.3) is 0 Å². The van der Waals surface area contributed by atoms with Crippen molar-refractivity contribution in [3.05, 3.63) is 34.4 Å². The first-order chi connectivity index (χ1) is 10.4. The predicted octanol–water partition coefficient (Wildman–Crippen LogP) is 1.73. The highest BCUT2D eigenvalue weighted by Crippen LogP contribution is 2.18. The number of benzene rings is 1. The van der Waals surface area contributed by atoms with Crippen LogP contribution in [0.4, 0.5) is 16.2 Å². The van der Waals surface area contributed by atoms with Crippen LogP contribution in [0.5, 0.6) is 0 Å². The molecule has 0 spiro atoms. The number of nitro benzene ring substituents is 1. The molecule has 1 unspecified atom stereocenters. The molecule has 0 aliphatic carbocycles. The van der Waals surface area contributed by atoms with Crippen LogP contribution in [0.2, 0.25) is 0 Å². The molecular formula is C14H18N4O4. The molecule has 1 saturated heterocycles. The molecule has 1 aliphatic heterocycles. The van der Waals surface area contributed by atoms with E-state index in [2.05, 4.69) is 10.6 Å². The van der Waals surface area contributed by atoms with E-state index >= 15 is 0 Å². The van der Waals surface area contributed by atoms with Crippen LogP contribution in [-0.4, -0.2) is 40.4 Å². The highest BCUT2D eigenvalue weighted by atomic mass is 16.6. The zero-order chi connectivity index (χ0) is 16.3. The second-order valence-corrected chi connectivity index (χ2v) is 5.45. The molecule has 22 heavy (non-hydrogen) atoms. The summed E-state index contributed by atoms with van der Waals surface area (Å²) in [5, 5.41) is 15.9. The standard InChI is InChI=1S/C14H18N4O4/c1-9(2)17-8-11(7-13(17)19)16-14(20)15-10-4-3-5-12(6-10)18(21)22/h3-6,9,11H,7-8H2,1-2H3,(H2,15,16,20). The van der Waals surface area contributed by atoms with E-state index < -0.39 is 11.0 Å². The molecule has 0 aromatic heterocycles. The van der Waals surface area contributed by atoms with Crippen LogP contribution < -0.4 is 10.6 Å². The first kappa shape index (κ1) is 15.7. The maximum atomic E-state index is 11.9. The number of carbonyl (C=O) groups excluding carboxylic acids is 2. The van der Waals surface area contributed by atoms with E-state index in [0.29, 0.717) is 12.2 Å². The predicted molar refractivity (Wildman–Crippen MR) is 80.5 cm³/mol. The summed E-state index contributed by atoms with van der Waals surface area (Å²) in [6, 6.07) is 5.04. The van der Waals surface area contributed by atoms with Gasteiger partial charge in [0.2, 0.25) is 5.91 Å². The normalized spacial score (nSPS) is 17.7. The number of amides is 3. The van der Waals surface area contributed by atoms with Crippen molar-refractivity contribution in [3.8, 4) is 0 Å². The Balaban J connectivity index is 1.93. The van der Waals surface area contributed by atoms with Gasteiger partial charge in [0.25, 0.3) is 5.69 Å². The molecule has 0 bridgehead atoms. The monoisotopic (exact) mass is 306 g/mol. The fourth-order valence-electron chi connectivity index (χ4n) is 2.38. The van der Waals surface area contributed by atoms with Crippen molar-refractivity contribution in [1.82, 2.24) is 10.2 Å². The van der Waals surface area contributed by atoms with E-state index in [1.807, 2.05) is 13.8 Å². The smallest absolute Gasteiger partial charge is 0.319 e. The third kappa shape index (κ3) is 3.72. The number of hydrogen-bond acceptors (Lipinski definition) is 4. The van der Waals surface area contributed by atoms with Crippen LogP contribution in [0, 0.1) is 10.1 Å². The summed E-state index contributed by atoms with van der Waals surface area (Å²) in [5.41, 5.74) is 0.233. The zero-order valence-corrected chi connectivity index (χ0v) is 12.4. The molecule has 0 radical (unpaired) electrons. The van der Waals surface area contributed by atoms with E-state index in [0.717, 1.165) is 0 Å². The van der Waals surface area contributed by atoms with Crippen molar-refractivity contribution in [2.45, 2.75) is 32.4 Å². The summed E-state index contributed by atoms with van der Waals surface area (Å²) in [6.45, 7) is 4.31. The van der Waals surface area contributed by atoms with Gasteiger partial charge in [-0.1, -0.05) is 6.07 Å². The Labute approximate surface area is 127 Å². The average Bonchev–Trinajstić information content (AvgIpc) is 2.79. The van der Waals surface area contributed by atoms with Gasteiger partial charge in [0.1, 0.15) is 0 Å². The maximum absolute atomic E-state index is 11.9. The second kappa shape index (κ2) is 6.42. The van der Waals surface area contributed by atoms with Gasteiger partial charge in [-0.05, 0) is 19.9 Å². The van der Waals surface area contributed by atoms with Crippen molar-refractivity contribution in [2.24, 2.45) is 0 Å². The molecule has 1 heterocycles. The fourth-order valence-corrected chi connectivity index (χ4v) is 2.38. The highest BCUT2D eigenvalue weighted by Gasteiger charge is 2.31. The molecule has 0 saturated carbocycles. The van der Waals surface area contributed by atoms with Crippen LogP contribution in [0.15, 0.2) is 24.3 Å². The molecule has 1 fully saturated rings. The minimum atomic E-state index is -0.529. The van der Waals surface area contributed by atoms with E-state index in [1.54, 1.807) is 11.0 Å². The van der Waals surface area contributed by atoms with Gasteiger partial charge >= 0.3 is 6.03 Å². The third-order valence-corrected chi connectivity index (χ3v) is 3.43. The molecule has 1 aromatic carbocycles. The van der Waals surface area contributed by atoms with Crippen molar-refractivity contribution < 1.29 is 14.5 Å². The second-order valence-electron chi connectivity index (χ2n) is 5.45. The topological polar surface area (TPSA) is 105 Å². The summed E-state index contributed by atoms with van der Waals surface area (Å²) in [5.74, 6) is 0.00986. The molecule has 2 N–H and O–H groups in total. The Kier molecular flexibility index (Phi) is 4.59. The summed E-state index contributed by atoms with van der Waals surface area (Å²) in [4.78, 5) is 35.5. The summed E-state index contributed by atoms with van der Waals surface area (Å²) in [6.07, 6.45) is 0.264. The summed E-state index contributed by atoms with van der Waals surface area (Å²) >= 11 is 0. The number of hydrogen-bond donors (Lipinski definition) is 2. The van der Waals surface area contributed by atoms with Crippen molar-refractivity contribution in [1.29, 1.82) is 0 Å². The number of rotatable bonds is 4. The highest BCUT2D eigenvalue weighted by molar-refractivity contribution is 5.90. The number of anilines is 1. The molecule has 1 atom stereocenters. The molecule has 8 heteroatoms. The van der Waals surface area contributed by atoms with E-state index in [1.165, 1.54) is 18.2 Å². The number of nitro groups is 1. The summed E-state index contributed by atoms with van der Waals surface area (Å²) < 4.78 is 0. The van der Waals surface area contributed by atoms with Crippen molar-refractivity contribution in [3.63, 3.8) is 0 Å². The van der Waals surface area contributed by atoms with Crippen molar-refractivity contribution >= 4 is 23.3 Å².